The number of methoxy groups -OCH3 is 3. The van der Waals surface area contributed by atoms with Crippen LogP contribution in [0.3, 0.4) is 0 Å². The lowest BCUT2D eigenvalue weighted by molar-refractivity contribution is 0.322. The van der Waals surface area contributed by atoms with Crippen LogP contribution in [0.4, 0.5) is 0 Å². The summed E-state index contributed by atoms with van der Waals surface area (Å²) < 4.78 is 17.2. The summed E-state index contributed by atoms with van der Waals surface area (Å²) in [5.74, 6) is 1.76. The van der Waals surface area contributed by atoms with E-state index in [1.807, 2.05) is 25.1 Å². The Balaban J connectivity index is 2.52. The smallest absolute Gasteiger partial charge is 0.203 e. The average molecular weight is 392 g/mol. The minimum atomic E-state index is -0.310. The monoisotopic (exact) mass is 390 g/mol. The number of alkyl halides is 1. The summed E-state index contributed by atoms with van der Waals surface area (Å²) in [6.07, 6.45) is 0. The lowest BCUT2D eigenvalue weighted by atomic mass is 10.1. The molecular formula is C15H16BrClO3S. The van der Waals surface area contributed by atoms with Gasteiger partial charge in [0.05, 0.1) is 26.7 Å². The summed E-state index contributed by atoms with van der Waals surface area (Å²) in [5, 5.41) is -0.310. The Morgan fingerprint density at radius 2 is 1.76 bits per heavy atom. The zero-order chi connectivity index (χ0) is 15.6. The summed E-state index contributed by atoms with van der Waals surface area (Å²) >= 11 is 11.8. The fourth-order valence-electron chi connectivity index (χ4n) is 2.08. The van der Waals surface area contributed by atoms with E-state index < -0.39 is 0 Å². The SMILES string of the molecule is COc1ccc(C(Cl)c2cc(Br)c(C)s2)c(OC)c1OC. The van der Waals surface area contributed by atoms with E-state index in [0.717, 1.165) is 14.9 Å². The molecule has 0 saturated heterocycles. The minimum absolute atomic E-state index is 0.310. The van der Waals surface area contributed by atoms with Gasteiger partial charge >= 0.3 is 0 Å². The first-order valence-electron chi connectivity index (χ1n) is 6.22. The number of hydrogen-bond donors (Lipinski definition) is 0. The summed E-state index contributed by atoms with van der Waals surface area (Å²) in [7, 11) is 4.77. The molecule has 0 fully saturated rings. The fourth-order valence-corrected chi connectivity index (χ4v) is 4.01. The Hall–Kier alpha value is -0.910. The van der Waals surface area contributed by atoms with Crippen molar-refractivity contribution >= 4 is 38.9 Å². The lowest BCUT2D eigenvalue weighted by Gasteiger charge is -2.18. The molecule has 6 heteroatoms. The van der Waals surface area contributed by atoms with E-state index in [0.29, 0.717) is 17.2 Å². The molecule has 1 unspecified atom stereocenters. The van der Waals surface area contributed by atoms with Gasteiger partial charge in [0.15, 0.2) is 11.5 Å². The summed E-state index contributed by atoms with van der Waals surface area (Å²) in [6, 6.07) is 5.77. The molecule has 0 radical (unpaired) electrons. The molecule has 1 atom stereocenters. The van der Waals surface area contributed by atoms with E-state index in [9.17, 15) is 0 Å². The van der Waals surface area contributed by atoms with Gasteiger partial charge in [-0.25, -0.2) is 0 Å². The fraction of sp³-hybridized carbons (Fsp3) is 0.333. The van der Waals surface area contributed by atoms with Gasteiger partial charge in [0.2, 0.25) is 5.75 Å². The van der Waals surface area contributed by atoms with Crippen LogP contribution in [0.1, 0.15) is 20.7 Å². The molecule has 114 valence electrons. The van der Waals surface area contributed by atoms with Crippen LogP contribution < -0.4 is 14.2 Å². The van der Waals surface area contributed by atoms with Crippen LogP contribution in [0.5, 0.6) is 17.2 Å². The Kier molecular flexibility index (Phi) is 5.41. The molecule has 0 aliphatic heterocycles. The molecule has 0 aliphatic carbocycles. The molecule has 0 spiro atoms. The highest BCUT2D eigenvalue weighted by Crippen LogP contribution is 2.47. The number of benzene rings is 1. The molecule has 0 bridgehead atoms. The zero-order valence-corrected chi connectivity index (χ0v) is 15.4. The van der Waals surface area contributed by atoms with Crippen molar-refractivity contribution in [1.82, 2.24) is 0 Å². The third-order valence-corrected chi connectivity index (χ3v) is 5.93. The normalized spacial score (nSPS) is 12.1. The van der Waals surface area contributed by atoms with Gasteiger partial charge in [-0.05, 0) is 41.1 Å². The van der Waals surface area contributed by atoms with Gasteiger partial charge in [0, 0.05) is 19.8 Å². The van der Waals surface area contributed by atoms with E-state index in [1.54, 1.807) is 32.7 Å². The van der Waals surface area contributed by atoms with E-state index in [4.69, 9.17) is 25.8 Å². The molecule has 2 rings (SSSR count). The minimum Gasteiger partial charge on any atom is -0.493 e. The topological polar surface area (TPSA) is 27.7 Å². The van der Waals surface area contributed by atoms with Gasteiger partial charge in [0.25, 0.3) is 0 Å². The van der Waals surface area contributed by atoms with Gasteiger partial charge in [0.1, 0.15) is 0 Å². The molecule has 21 heavy (non-hydrogen) atoms. The van der Waals surface area contributed by atoms with Crippen molar-refractivity contribution in [3.8, 4) is 17.2 Å². The molecule has 0 N–H and O–H groups in total. The van der Waals surface area contributed by atoms with Gasteiger partial charge in [-0.1, -0.05) is 0 Å². The van der Waals surface area contributed by atoms with Crippen molar-refractivity contribution in [1.29, 1.82) is 0 Å². The van der Waals surface area contributed by atoms with E-state index in [2.05, 4.69) is 15.9 Å². The van der Waals surface area contributed by atoms with E-state index in [1.165, 1.54) is 4.88 Å². The second kappa shape index (κ2) is 6.90. The maximum Gasteiger partial charge on any atom is 0.203 e. The van der Waals surface area contributed by atoms with Gasteiger partial charge in [-0.15, -0.1) is 22.9 Å². The second-order valence-corrected chi connectivity index (χ2v) is 6.92. The van der Waals surface area contributed by atoms with Crippen LogP contribution in [0.2, 0.25) is 0 Å². The molecule has 0 aliphatic rings. The van der Waals surface area contributed by atoms with Crippen molar-refractivity contribution < 1.29 is 14.2 Å². The Morgan fingerprint density at radius 3 is 2.24 bits per heavy atom. The first-order chi connectivity index (χ1) is 10.0. The number of thiophene rings is 1. The van der Waals surface area contributed by atoms with Gasteiger partial charge in [-0.2, -0.15) is 0 Å². The standard InChI is InChI=1S/C15H16BrClO3S/c1-8-10(16)7-12(21-8)13(17)9-5-6-11(18-2)15(20-4)14(9)19-3/h5-7,13H,1-4H3. The van der Waals surface area contributed by atoms with Crippen LogP contribution in [0.15, 0.2) is 22.7 Å². The molecule has 2 aromatic rings. The molecule has 0 amide bonds. The number of rotatable bonds is 5. The summed E-state index contributed by atoms with van der Waals surface area (Å²) in [4.78, 5) is 2.24. The maximum absolute atomic E-state index is 6.64. The molecule has 1 aromatic carbocycles. The largest absolute Gasteiger partial charge is 0.493 e. The average Bonchev–Trinajstić information content (AvgIpc) is 2.84. The predicted octanol–water partition coefficient (Wildman–Crippen LogP) is 5.17. The molecule has 3 nitrogen and oxygen atoms in total. The van der Waals surface area contributed by atoms with E-state index >= 15 is 0 Å². The second-order valence-electron chi connectivity index (χ2n) is 4.34. The first kappa shape index (κ1) is 16.5. The third kappa shape index (κ3) is 3.15. The van der Waals surface area contributed by atoms with Crippen molar-refractivity contribution in [2.45, 2.75) is 12.3 Å². The molecule has 1 aromatic heterocycles. The van der Waals surface area contributed by atoms with Crippen LogP contribution in [0, 0.1) is 6.92 Å². The maximum atomic E-state index is 6.64. The zero-order valence-electron chi connectivity index (χ0n) is 12.2. The lowest BCUT2D eigenvalue weighted by Crippen LogP contribution is -2.00. The van der Waals surface area contributed by atoms with E-state index in [-0.39, 0.29) is 5.38 Å². The quantitative estimate of drug-likeness (QED) is 0.658. The van der Waals surface area contributed by atoms with Crippen molar-refractivity contribution in [3.05, 3.63) is 38.0 Å². The van der Waals surface area contributed by atoms with Crippen LogP contribution >= 0.6 is 38.9 Å². The number of ether oxygens (including phenoxy) is 3. The van der Waals surface area contributed by atoms with Crippen LogP contribution in [-0.2, 0) is 0 Å². The predicted molar refractivity (Wildman–Crippen MR) is 90.6 cm³/mol. The van der Waals surface area contributed by atoms with Gasteiger partial charge in [-0.3, -0.25) is 0 Å². The number of aryl methyl sites for hydroxylation is 1. The summed E-state index contributed by atoms with van der Waals surface area (Å²) in [6.45, 7) is 2.05. The Bertz CT molecular complexity index is 623. The Morgan fingerprint density at radius 1 is 1.10 bits per heavy atom. The summed E-state index contributed by atoms with van der Waals surface area (Å²) in [5.41, 5.74) is 0.852. The van der Waals surface area contributed by atoms with Crippen molar-refractivity contribution in [2.24, 2.45) is 0 Å². The van der Waals surface area contributed by atoms with Crippen LogP contribution in [-0.4, -0.2) is 21.3 Å². The molecule has 0 saturated carbocycles. The molecule has 1 heterocycles. The number of halogens is 2. The van der Waals surface area contributed by atoms with Crippen LogP contribution in [0.25, 0.3) is 0 Å². The van der Waals surface area contributed by atoms with Crippen molar-refractivity contribution in [2.75, 3.05) is 21.3 Å². The van der Waals surface area contributed by atoms with Crippen molar-refractivity contribution in [3.63, 3.8) is 0 Å². The molecular weight excluding hydrogens is 376 g/mol. The first-order valence-corrected chi connectivity index (χ1v) is 8.26. The highest BCUT2D eigenvalue weighted by molar-refractivity contribution is 9.10. The number of hydrogen-bond acceptors (Lipinski definition) is 4. The highest BCUT2D eigenvalue weighted by atomic mass is 79.9. The van der Waals surface area contributed by atoms with Gasteiger partial charge < -0.3 is 14.2 Å². The third-order valence-electron chi connectivity index (χ3n) is 3.13. The Labute approximate surface area is 141 Å². The highest BCUT2D eigenvalue weighted by Gasteiger charge is 2.23.